The van der Waals surface area contributed by atoms with E-state index in [2.05, 4.69) is 10.4 Å². The molecule has 4 nitrogen and oxygen atoms in total. The monoisotopic (exact) mass is 417 g/mol. The van der Waals surface area contributed by atoms with Gasteiger partial charge in [-0.15, -0.1) is 0 Å². The third-order valence-electron chi connectivity index (χ3n) is 5.14. The van der Waals surface area contributed by atoms with Gasteiger partial charge in [0, 0.05) is 25.1 Å². The van der Waals surface area contributed by atoms with Gasteiger partial charge in [-0.2, -0.15) is 5.10 Å². The molecule has 30 heavy (non-hydrogen) atoms. The Morgan fingerprint density at radius 1 is 1.03 bits per heavy atom. The van der Waals surface area contributed by atoms with Crippen LogP contribution in [0, 0.1) is 11.6 Å². The van der Waals surface area contributed by atoms with Crippen molar-refractivity contribution in [1.29, 1.82) is 0 Å². The van der Waals surface area contributed by atoms with E-state index >= 15 is 0 Å². The zero-order valence-electron chi connectivity index (χ0n) is 15.9. The zero-order valence-corrected chi connectivity index (χ0v) is 15.9. The van der Waals surface area contributed by atoms with Crippen molar-refractivity contribution in [1.82, 2.24) is 9.78 Å². The van der Waals surface area contributed by atoms with Crippen LogP contribution in [0.3, 0.4) is 0 Å². The molecule has 8 heteroatoms. The molecule has 2 aromatic carbocycles. The topological polar surface area (TPSA) is 46.9 Å². The first-order chi connectivity index (χ1) is 14.3. The summed E-state index contributed by atoms with van der Waals surface area (Å²) in [6, 6.07) is 12.4. The van der Waals surface area contributed by atoms with Gasteiger partial charge in [0.15, 0.2) is 17.5 Å². The summed E-state index contributed by atoms with van der Waals surface area (Å²) in [6.07, 6.45) is 1.50. The summed E-state index contributed by atoms with van der Waals surface area (Å²) in [5, 5.41) is 6.89. The van der Waals surface area contributed by atoms with Crippen LogP contribution in [0.5, 0.6) is 0 Å². The SMILES string of the molecule is O=C(Cc1ccc(C2CC(F)(F)C2)cc1)Nc1ccn(Cc2ccc(F)c(F)c2)n1. The molecule has 0 spiro atoms. The highest BCUT2D eigenvalue weighted by Crippen LogP contribution is 2.48. The lowest BCUT2D eigenvalue weighted by Crippen LogP contribution is -2.33. The highest BCUT2D eigenvalue weighted by molar-refractivity contribution is 5.91. The molecule has 1 aliphatic rings. The lowest BCUT2D eigenvalue weighted by Gasteiger charge is -2.35. The second-order valence-corrected chi connectivity index (χ2v) is 7.57. The van der Waals surface area contributed by atoms with Gasteiger partial charge < -0.3 is 5.32 Å². The Balaban J connectivity index is 1.30. The van der Waals surface area contributed by atoms with Gasteiger partial charge in [-0.3, -0.25) is 9.48 Å². The molecule has 0 saturated heterocycles. The van der Waals surface area contributed by atoms with Crippen molar-refractivity contribution in [3.05, 3.63) is 83.1 Å². The fraction of sp³-hybridized carbons (Fsp3) is 0.273. The average molecular weight is 417 g/mol. The molecule has 0 bridgehead atoms. The Labute approximate surface area is 170 Å². The normalized spacial score (nSPS) is 15.6. The molecule has 1 aliphatic carbocycles. The van der Waals surface area contributed by atoms with E-state index < -0.39 is 17.6 Å². The zero-order chi connectivity index (χ0) is 21.3. The quantitative estimate of drug-likeness (QED) is 0.580. The van der Waals surface area contributed by atoms with E-state index in [4.69, 9.17) is 0 Å². The van der Waals surface area contributed by atoms with Crippen LogP contribution in [0.4, 0.5) is 23.4 Å². The molecule has 1 amide bonds. The fourth-order valence-corrected chi connectivity index (χ4v) is 3.52. The second-order valence-electron chi connectivity index (χ2n) is 7.57. The Morgan fingerprint density at radius 3 is 2.40 bits per heavy atom. The first-order valence-corrected chi connectivity index (χ1v) is 9.51. The van der Waals surface area contributed by atoms with E-state index in [-0.39, 0.29) is 37.6 Å². The Morgan fingerprint density at radius 2 is 1.73 bits per heavy atom. The van der Waals surface area contributed by atoms with E-state index in [1.165, 1.54) is 10.7 Å². The van der Waals surface area contributed by atoms with Crippen molar-refractivity contribution in [2.45, 2.75) is 37.6 Å². The molecule has 4 rings (SSSR count). The summed E-state index contributed by atoms with van der Waals surface area (Å²) in [7, 11) is 0. The summed E-state index contributed by atoms with van der Waals surface area (Å²) >= 11 is 0. The summed E-state index contributed by atoms with van der Waals surface area (Å²) < 4.78 is 53.8. The van der Waals surface area contributed by atoms with Crippen LogP contribution in [0.15, 0.2) is 54.7 Å². The van der Waals surface area contributed by atoms with Crippen LogP contribution in [0.2, 0.25) is 0 Å². The number of hydrogen-bond acceptors (Lipinski definition) is 2. The Kier molecular flexibility index (Phi) is 5.32. The van der Waals surface area contributed by atoms with Crippen molar-refractivity contribution < 1.29 is 22.4 Å². The van der Waals surface area contributed by atoms with Crippen molar-refractivity contribution in [2.75, 3.05) is 5.32 Å². The molecule has 0 radical (unpaired) electrons. The summed E-state index contributed by atoms with van der Waals surface area (Å²) in [6.45, 7) is 0.231. The molecule has 1 heterocycles. The molecule has 1 fully saturated rings. The van der Waals surface area contributed by atoms with Crippen LogP contribution in [-0.2, 0) is 17.8 Å². The highest BCUT2D eigenvalue weighted by atomic mass is 19.3. The number of benzene rings is 2. The van der Waals surface area contributed by atoms with Gasteiger partial charge in [0.25, 0.3) is 0 Å². The van der Waals surface area contributed by atoms with Crippen LogP contribution in [0.1, 0.15) is 35.4 Å². The number of halogens is 4. The molecule has 0 atom stereocenters. The number of hydrogen-bond donors (Lipinski definition) is 1. The van der Waals surface area contributed by atoms with Crippen LogP contribution < -0.4 is 5.32 Å². The molecule has 3 aromatic rings. The highest BCUT2D eigenvalue weighted by Gasteiger charge is 2.45. The molecule has 0 aliphatic heterocycles. The second kappa shape index (κ2) is 7.93. The number of nitrogens with one attached hydrogen (secondary N) is 1. The largest absolute Gasteiger partial charge is 0.309 e. The lowest BCUT2D eigenvalue weighted by atomic mass is 9.76. The van der Waals surface area contributed by atoms with Gasteiger partial charge in [0.1, 0.15) is 0 Å². The van der Waals surface area contributed by atoms with E-state index in [1.807, 2.05) is 0 Å². The van der Waals surface area contributed by atoms with E-state index in [0.717, 1.165) is 23.3 Å². The maximum absolute atomic E-state index is 13.3. The van der Waals surface area contributed by atoms with Crippen molar-refractivity contribution in [3.63, 3.8) is 0 Å². The maximum Gasteiger partial charge on any atom is 0.249 e. The number of amides is 1. The first kappa shape index (κ1) is 20.1. The maximum atomic E-state index is 13.3. The number of anilines is 1. The molecule has 1 N–H and O–H groups in total. The minimum Gasteiger partial charge on any atom is -0.309 e. The van der Waals surface area contributed by atoms with Crippen LogP contribution in [-0.4, -0.2) is 21.6 Å². The molecular formula is C22H19F4N3O. The van der Waals surface area contributed by atoms with Gasteiger partial charge in [-0.1, -0.05) is 30.3 Å². The van der Waals surface area contributed by atoms with Gasteiger partial charge >= 0.3 is 0 Å². The number of aromatic nitrogens is 2. The van der Waals surface area contributed by atoms with Crippen molar-refractivity contribution in [2.24, 2.45) is 0 Å². The number of nitrogens with zero attached hydrogens (tertiary/aromatic N) is 2. The third kappa shape index (κ3) is 4.69. The van der Waals surface area contributed by atoms with Crippen molar-refractivity contribution >= 4 is 11.7 Å². The van der Waals surface area contributed by atoms with Gasteiger partial charge in [-0.05, 0) is 34.7 Å². The van der Waals surface area contributed by atoms with E-state index in [0.29, 0.717) is 11.4 Å². The number of carbonyl (C=O) groups is 1. The third-order valence-corrected chi connectivity index (χ3v) is 5.14. The first-order valence-electron chi connectivity index (χ1n) is 9.51. The summed E-state index contributed by atoms with van der Waals surface area (Å²) in [5.41, 5.74) is 2.17. The predicted octanol–water partition coefficient (Wildman–Crippen LogP) is 4.90. The van der Waals surface area contributed by atoms with Crippen LogP contribution in [0.25, 0.3) is 0 Å². The van der Waals surface area contributed by atoms with Gasteiger partial charge in [0.2, 0.25) is 11.8 Å². The van der Waals surface area contributed by atoms with E-state index in [9.17, 15) is 22.4 Å². The summed E-state index contributed by atoms with van der Waals surface area (Å²) in [5.74, 6) is -4.44. The molecule has 0 unspecified atom stereocenters. The van der Waals surface area contributed by atoms with Gasteiger partial charge in [0.05, 0.1) is 13.0 Å². The molecule has 156 valence electrons. The lowest BCUT2D eigenvalue weighted by molar-refractivity contribution is -0.115. The smallest absolute Gasteiger partial charge is 0.249 e. The number of rotatable bonds is 6. The Hall–Kier alpha value is -3.16. The number of alkyl halides is 2. The van der Waals surface area contributed by atoms with E-state index in [1.54, 1.807) is 36.5 Å². The van der Waals surface area contributed by atoms with Gasteiger partial charge in [-0.25, -0.2) is 17.6 Å². The molecule has 1 saturated carbocycles. The minimum atomic E-state index is -2.56. The molecule has 1 aromatic heterocycles. The predicted molar refractivity (Wildman–Crippen MR) is 103 cm³/mol. The van der Waals surface area contributed by atoms with Crippen LogP contribution >= 0.6 is 0 Å². The average Bonchev–Trinajstić information content (AvgIpc) is 3.10. The molecular weight excluding hydrogens is 398 g/mol. The summed E-state index contributed by atoms with van der Waals surface area (Å²) in [4.78, 5) is 12.3. The Bertz CT molecular complexity index is 1050. The van der Waals surface area contributed by atoms with Crippen molar-refractivity contribution in [3.8, 4) is 0 Å². The fourth-order valence-electron chi connectivity index (χ4n) is 3.52. The standard InChI is InChI=1S/C22H19F4N3O/c23-18-6-3-15(9-19(18)24)13-29-8-7-20(28-29)27-21(30)10-14-1-4-16(5-2-14)17-11-22(25,26)12-17/h1-9,17H,10-13H2,(H,27,28,30). The number of carbonyl (C=O) groups excluding carboxylic acids is 1. The minimum absolute atomic E-state index is 0.122.